The molecule has 29 heavy (non-hydrogen) atoms. The lowest BCUT2D eigenvalue weighted by atomic mass is 10.2. The third-order valence-corrected chi connectivity index (χ3v) is 4.47. The number of amidine groups is 1. The molecule has 7 nitrogen and oxygen atoms in total. The molecule has 144 valence electrons. The van der Waals surface area contributed by atoms with Crippen LogP contribution in [0, 0.1) is 0 Å². The molecule has 0 saturated carbocycles. The van der Waals surface area contributed by atoms with Gasteiger partial charge in [0.15, 0.2) is 5.84 Å². The first-order valence-corrected chi connectivity index (χ1v) is 9.18. The molecule has 1 saturated heterocycles. The van der Waals surface area contributed by atoms with Gasteiger partial charge < -0.3 is 5.11 Å². The van der Waals surface area contributed by atoms with E-state index in [4.69, 9.17) is 11.6 Å². The number of aromatic hydroxyl groups is 1. The molecule has 1 amide bonds. The fraction of sp³-hybridized carbons (Fsp3) is 0.0476. The number of hydrogen-bond donors (Lipinski definition) is 2. The van der Waals surface area contributed by atoms with Gasteiger partial charge in [0.05, 0.1) is 16.4 Å². The maximum absolute atomic E-state index is 13.0. The zero-order valence-electron chi connectivity index (χ0n) is 15.1. The van der Waals surface area contributed by atoms with Crippen molar-refractivity contribution in [1.29, 1.82) is 0 Å². The summed E-state index contributed by atoms with van der Waals surface area (Å²) < 4.78 is 0. The van der Waals surface area contributed by atoms with E-state index in [-0.39, 0.29) is 16.7 Å². The number of para-hydroxylation sites is 2. The number of phenolic OH excluding ortho intramolecular Hbond substituents is 1. The number of hydrazine groups is 1. The Hall–Kier alpha value is -3.71. The van der Waals surface area contributed by atoms with Gasteiger partial charge in [0.1, 0.15) is 11.4 Å². The average Bonchev–Trinajstić information content (AvgIpc) is 3.04. The number of carbonyl (C=O) groups excluding carboxylic acids is 1. The highest BCUT2D eigenvalue weighted by molar-refractivity contribution is 6.33. The van der Waals surface area contributed by atoms with Crippen molar-refractivity contribution in [2.45, 2.75) is 6.04 Å². The Balaban J connectivity index is 1.70. The van der Waals surface area contributed by atoms with Crippen LogP contribution in [0.15, 0.2) is 94.1 Å². The molecular weight excluding hydrogens is 390 g/mol. The van der Waals surface area contributed by atoms with Crippen molar-refractivity contribution in [3.8, 4) is 5.75 Å². The van der Waals surface area contributed by atoms with Crippen LogP contribution in [0.5, 0.6) is 5.75 Å². The summed E-state index contributed by atoms with van der Waals surface area (Å²) in [6.45, 7) is 0. The van der Waals surface area contributed by atoms with Crippen LogP contribution in [0.3, 0.4) is 0 Å². The van der Waals surface area contributed by atoms with E-state index in [9.17, 15) is 9.90 Å². The third-order valence-electron chi connectivity index (χ3n) is 4.17. The van der Waals surface area contributed by atoms with Crippen LogP contribution in [0.1, 0.15) is 0 Å². The van der Waals surface area contributed by atoms with Gasteiger partial charge >= 0.3 is 0 Å². The predicted molar refractivity (Wildman–Crippen MR) is 112 cm³/mol. The number of aliphatic imine (C=N–C) groups is 1. The molecule has 1 aliphatic heterocycles. The molecular formula is C21H16ClN5O2. The van der Waals surface area contributed by atoms with Crippen LogP contribution in [-0.2, 0) is 4.79 Å². The van der Waals surface area contributed by atoms with Crippen molar-refractivity contribution in [1.82, 2.24) is 5.43 Å². The third kappa shape index (κ3) is 4.09. The van der Waals surface area contributed by atoms with Crippen LogP contribution in [0.25, 0.3) is 0 Å². The number of nitrogens with one attached hydrogen (secondary N) is 1. The summed E-state index contributed by atoms with van der Waals surface area (Å²) in [7, 11) is 0. The number of phenols is 1. The van der Waals surface area contributed by atoms with Crippen molar-refractivity contribution in [2.24, 2.45) is 15.2 Å². The van der Waals surface area contributed by atoms with Gasteiger partial charge in [0, 0.05) is 6.07 Å². The zero-order chi connectivity index (χ0) is 20.2. The maximum atomic E-state index is 13.0. The highest BCUT2D eigenvalue weighted by Gasteiger charge is 2.39. The van der Waals surface area contributed by atoms with E-state index in [1.54, 1.807) is 12.1 Å². The molecule has 1 fully saturated rings. The van der Waals surface area contributed by atoms with Crippen LogP contribution in [0.2, 0.25) is 5.02 Å². The van der Waals surface area contributed by atoms with Crippen molar-refractivity contribution < 1.29 is 9.90 Å². The lowest BCUT2D eigenvalue weighted by Gasteiger charge is -2.15. The van der Waals surface area contributed by atoms with Gasteiger partial charge in [0.2, 0.25) is 6.04 Å². The molecule has 1 atom stereocenters. The standard InChI is InChI=1S/C21H16ClN5O2/c22-17-13-16(28)11-12-18(17)24-25-19-20(23-14-7-3-1-4-8-14)26-27(21(19)29)15-9-5-2-6-10-15/h1-13,19,28H,(H,23,26)/t19-/m0/s1. The van der Waals surface area contributed by atoms with E-state index < -0.39 is 6.04 Å². The molecule has 1 aliphatic rings. The quantitative estimate of drug-likeness (QED) is 0.612. The van der Waals surface area contributed by atoms with Crippen LogP contribution in [-0.4, -0.2) is 22.9 Å². The molecule has 0 unspecified atom stereocenters. The number of rotatable bonds is 4. The Labute approximate surface area is 172 Å². The number of carbonyl (C=O) groups is 1. The largest absolute Gasteiger partial charge is 0.508 e. The molecule has 1 heterocycles. The van der Waals surface area contributed by atoms with Gasteiger partial charge in [-0.1, -0.05) is 48.0 Å². The van der Waals surface area contributed by atoms with E-state index in [1.165, 1.54) is 23.2 Å². The summed E-state index contributed by atoms with van der Waals surface area (Å²) in [4.78, 5) is 17.6. The monoisotopic (exact) mass is 405 g/mol. The van der Waals surface area contributed by atoms with Crippen molar-refractivity contribution >= 4 is 40.4 Å². The Morgan fingerprint density at radius 3 is 2.34 bits per heavy atom. The van der Waals surface area contributed by atoms with Gasteiger partial charge in [-0.3, -0.25) is 10.2 Å². The number of anilines is 1. The summed E-state index contributed by atoms with van der Waals surface area (Å²) in [5.74, 6) is 0.0578. The summed E-state index contributed by atoms with van der Waals surface area (Å²) in [6, 6.07) is 21.8. The second-order valence-corrected chi connectivity index (χ2v) is 6.61. The van der Waals surface area contributed by atoms with E-state index in [1.807, 2.05) is 48.5 Å². The summed E-state index contributed by atoms with van der Waals surface area (Å²) in [5.41, 5.74) is 4.71. The Bertz CT molecular complexity index is 1090. The van der Waals surface area contributed by atoms with Gasteiger partial charge in [-0.25, -0.2) is 10.0 Å². The van der Waals surface area contributed by atoms with Gasteiger partial charge in [-0.2, -0.15) is 10.2 Å². The number of amides is 1. The minimum Gasteiger partial charge on any atom is -0.508 e. The zero-order valence-corrected chi connectivity index (χ0v) is 15.9. The molecule has 3 aromatic rings. The highest BCUT2D eigenvalue weighted by atomic mass is 35.5. The molecule has 2 N–H and O–H groups in total. The molecule has 0 aliphatic carbocycles. The molecule has 0 spiro atoms. The van der Waals surface area contributed by atoms with Crippen molar-refractivity contribution in [2.75, 3.05) is 5.01 Å². The first kappa shape index (κ1) is 18.6. The Kier molecular flexibility index (Phi) is 5.22. The lowest BCUT2D eigenvalue weighted by molar-refractivity contribution is -0.117. The Morgan fingerprint density at radius 1 is 0.966 bits per heavy atom. The van der Waals surface area contributed by atoms with Crippen LogP contribution in [0.4, 0.5) is 17.1 Å². The number of azo groups is 1. The van der Waals surface area contributed by atoms with Crippen molar-refractivity contribution in [3.63, 3.8) is 0 Å². The van der Waals surface area contributed by atoms with Crippen LogP contribution < -0.4 is 10.4 Å². The van der Waals surface area contributed by atoms with Gasteiger partial charge in [-0.15, -0.1) is 0 Å². The second-order valence-electron chi connectivity index (χ2n) is 6.21. The number of nitrogens with zero attached hydrogens (tertiary/aromatic N) is 4. The minimum atomic E-state index is -0.958. The molecule has 8 heteroatoms. The topological polar surface area (TPSA) is 89.6 Å². The van der Waals surface area contributed by atoms with E-state index >= 15 is 0 Å². The first-order chi connectivity index (χ1) is 14.1. The van der Waals surface area contributed by atoms with Crippen LogP contribution >= 0.6 is 11.6 Å². The number of halogens is 1. The Morgan fingerprint density at radius 2 is 1.66 bits per heavy atom. The average molecular weight is 406 g/mol. The molecule has 0 radical (unpaired) electrons. The molecule has 0 bridgehead atoms. The van der Waals surface area contributed by atoms with Gasteiger partial charge in [-0.05, 0) is 36.4 Å². The number of hydrogen-bond acceptors (Lipinski definition) is 5. The minimum absolute atomic E-state index is 0.0224. The molecule has 3 aromatic carbocycles. The van der Waals surface area contributed by atoms with E-state index in [0.29, 0.717) is 22.9 Å². The van der Waals surface area contributed by atoms with E-state index in [0.717, 1.165) is 0 Å². The maximum Gasteiger partial charge on any atom is 0.280 e. The summed E-state index contributed by atoms with van der Waals surface area (Å²) in [5, 5.41) is 19.4. The second kappa shape index (κ2) is 8.12. The fourth-order valence-electron chi connectivity index (χ4n) is 2.77. The normalized spacial score (nSPS) is 17.8. The van der Waals surface area contributed by atoms with Crippen molar-refractivity contribution in [3.05, 3.63) is 83.9 Å². The SMILES string of the molecule is O=C1[C@@H](N=Nc2ccc(O)cc2Cl)C(=Nc2ccccc2)NN1c1ccccc1. The fourth-order valence-corrected chi connectivity index (χ4v) is 2.98. The predicted octanol–water partition coefficient (Wildman–Crippen LogP) is 4.78. The lowest BCUT2D eigenvalue weighted by Crippen LogP contribution is -2.35. The summed E-state index contributed by atoms with van der Waals surface area (Å²) in [6.07, 6.45) is 0. The first-order valence-electron chi connectivity index (χ1n) is 8.80. The summed E-state index contributed by atoms with van der Waals surface area (Å²) >= 11 is 6.09. The molecule has 4 rings (SSSR count). The van der Waals surface area contributed by atoms with Gasteiger partial charge in [0.25, 0.3) is 5.91 Å². The smallest absolute Gasteiger partial charge is 0.280 e. The van der Waals surface area contributed by atoms with E-state index in [2.05, 4.69) is 20.6 Å². The molecule has 0 aromatic heterocycles. The highest BCUT2D eigenvalue weighted by Crippen LogP contribution is 2.29. The number of benzene rings is 3.